The maximum absolute atomic E-state index is 11.7. The summed E-state index contributed by atoms with van der Waals surface area (Å²) in [5, 5.41) is 2.95. The third-order valence-corrected chi connectivity index (χ3v) is 3.09. The quantitative estimate of drug-likeness (QED) is 0.620. The van der Waals surface area contributed by atoms with Gasteiger partial charge in [0.25, 0.3) is 0 Å². The lowest BCUT2D eigenvalue weighted by Crippen LogP contribution is -3.06. The predicted octanol–water partition coefficient (Wildman–Crippen LogP) is 0.869. The van der Waals surface area contributed by atoms with Crippen molar-refractivity contribution in [3.8, 4) is 0 Å². The maximum Gasteiger partial charge on any atom is 0.220 e. The standard InChI is InChI=1S/C15H32N2O2/c1-13(2)8-12-19-15(3,4)9-7-14(18)16-10-11-17(5)6/h13H,7-12H2,1-6H3,(H,16,18)/p+1. The van der Waals surface area contributed by atoms with Crippen molar-refractivity contribution in [1.82, 2.24) is 5.32 Å². The summed E-state index contributed by atoms with van der Waals surface area (Å²) in [5.74, 6) is 0.786. The summed E-state index contributed by atoms with van der Waals surface area (Å²) >= 11 is 0. The molecule has 0 aliphatic carbocycles. The molecule has 19 heavy (non-hydrogen) atoms. The highest BCUT2D eigenvalue weighted by Crippen LogP contribution is 2.17. The molecule has 0 aromatic rings. The van der Waals surface area contributed by atoms with Crippen LogP contribution in [-0.4, -0.2) is 45.3 Å². The van der Waals surface area contributed by atoms with Crippen LogP contribution in [0, 0.1) is 5.92 Å². The fourth-order valence-electron chi connectivity index (χ4n) is 1.60. The Balaban J connectivity index is 3.73. The van der Waals surface area contributed by atoms with Gasteiger partial charge in [-0.1, -0.05) is 13.8 Å². The van der Waals surface area contributed by atoms with Crippen LogP contribution in [0.4, 0.5) is 0 Å². The van der Waals surface area contributed by atoms with Gasteiger partial charge in [0.15, 0.2) is 0 Å². The van der Waals surface area contributed by atoms with Crippen LogP contribution in [0.2, 0.25) is 0 Å². The zero-order valence-electron chi connectivity index (χ0n) is 13.6. The van der Waals surface area contributed by atoms with Crippen molar-refractivity contribution in [1.29, 1.82) is 0 Å². The van der Waals surface area contributed by atoms with E-state index in [0.717, 1.165) is 32.5 Å². The van der Waals surface area contributed by atoms with E-state index >= 15 is 0 Å². The summed E-state index contributed by atoms with van der Waals surface area (Å²) in [6.07, 6.45) is 2.38. The first-order valence-corrected chi connectivity index (χ1v) is 7.42. The second-order valence-electron chi connectivity index (χ2n) is 6.60. The Labute approximate surface area is 118 Å². The molecule has 0 aliphatic heterocycles. The Hall–Kier alpha value is -0.610. The van der Waals surface area contributed by atoms with Gasteiger partial charge in [-0.25, -0.2) is 0 Å². The fraction of sp³-hybridized carbons (Fsp3) is 0.933. The molecule has 4 nitrogen and oxygen atoms in total. The summed E-state index contributed by atoms with van der Waals surface area (Å²) in [6.45, 7) is 11.0. The molecule has 0 saturated heterocycles. The van der Waals surface area contributed by atoms with Crippen LogP contribution in [0.15, 0.2) is 0 Å². The number of carbonyl (C=O) groups is 1. The molecule has 0 aromatic heterocycles. The highest BCUT2D eigenvalue weighted by molar-refractivity contribution is 5.75. The Morgan fingerprint density at radius 1 is 1.32 bits per heavy atom. The number of hydrogen-bond acceptors (Lipinski definition) is 2. The Morgan fingerprint density at radius 3 is 2.47 bits per heavy atom. The normalized spacial score (nSPS) is 12.2. The topological polar surface area (TPSA) is 42.8 Å². The number of amides is 1. The van der Waals surface area contributed by atoms with Crippen LogP contribution in [-0.2, 0) is 9.53 Å². The van der Waals surface area contributed by atoms with E-state index in [4.69, 9.17) is 4.74 Å². The van der Waals surface area contributed by atoms with Gasteiger partial charge in [-0.05, 0) is 32.6 Å². The molecule has 0 saturated carbocycles. The first kappa shape index (κ1) is 18.4. The number of hydrogen-bond donors (Lipinski definition) is 2. The van der Waals surface area contributed by atoms with E-state index in [2.05, 4.69) is 47.1 Å². The summed E-state index contributed by atoms with van der Waals surface area (Å²) in [7, 11) is 4.16. The number of carbonyl (C=O) groups excluding carboxylic acids is 1. The highest BCUT2D eigenvalue weighted by Gasteiger charge is 2.19. The minimum Gasteiger partial charge on any atom is -0.376 e. The van der Waals surface area contributed by atoms with Gasteiger partial charge in [0.2, 0.25) is 5.91 Å². The number of likely N-dealkylation sites (N-methyl/N-ethyl adjacent to an activating group) is 1. The van der Waals surface area contributed by atoms with Gasteiger partial charge in [-0.2, -0.15) is 0 Å². The lowest BCUT2D eigenvalue weighted by atomic mass is 10.0. The second-order valence-corrected chi connectivity index (χ2v) is 6.60. The van der Waals surface area contributed by atoms with Gasteiger partial charge in [-0.15, -0.1) is 0 Å². The molecule has 114 valence electrons. The summed E-state index contributed by atoms with van der Waals surface area (Å²) in [6, 6.07) is 0. The third kappa shape index (κ3) is 12.2. The van der Waals surface area contributed by atoms with Gasteiger partial charge < -0.3 is 15.0 Å². The van der Waals surface area contributed by atoms with E-state index in [-0.39, 0.29) is 11.5 Å². The number of nitrogens with one attached hydrogen (secondary N) is 2. The number of rotatable bonds is 10. The van der Waals surface area contributed by atoms with Crippen molar-refractivity contribution in [2.45, 2.75) is 52.6 Å². The summed E-state index contributed by atoms with van der Waals surface area (Å²) in [5.41, 5.74) is -0.209. The molecule has 4 heteroatoms. The monoisotopic (exact) mass is 273 g/mol. The Bertz CT molecular complexity index is 251. The van der Waals surface area contributed by atoms with E-state index in [9.17, 15) is 4.79 Å². The SMILES string of the molecule is CC(C)CCOC(C)(C)CCC(=O)NCC[NH+](C)C. The first-order chi connectivity index (χ1) is 8.73. The van der Waals surface area contributed by atoms with Crippen LogP contribution >= 0.6 is 0 Å². The van der Waals surface area contributed by atoms with E-state index < -0.39 is 0 Å². The smallest absolute Gasteiger partial charge is 0.220 e. The largest absolute Gasteiger partial charge is 0.376 e. The lowest BCUT2D eigenvalue weighted by molar-refractivity contribution is -0.856. The van der Waals surface area contributed by atoms with Crippen molar-refractivity contribution in [3.63, 3.8) is 0 Å². The second kappa shape index (κ2) is 9.32. The Morgan fingerprint density at radius 2 is 1.95 bits per heavy atom. The fourth-order valence-corrected chi connectivity index (χ4v) is 1.60. The molecular formula is C15H33N2O2+. The van der Waals surface area contributed by atoms with E-state index in [0.29, 0.717) is 12.3 Å². The van der Waals surface area contributed by atoms with Gasteiger partial charge in [0.1, 0.15) is 0 Å². The van der Waals surface area contributed by atoms with Crippen LogP contribution in [0.3, 0.4) is 0 Å². The molecule has 0 spiro atoms. The zero-order valence-corrected chi connectivity index (χ0v) is 13.6. The third-order valence-electron chi connectivity index (χ3n) is 3.09. The van der Waals surface area contributed by atoms with Crippen LogP contribution < -0.4 is 10.2 Å². The predicted molar refractivity (Wildman–Crippen MR) is 79.4 cm³/mol. The summed E-state index contributed by atoms with van der Waals surface area (Å²) < 4.78 is 5.85. The Kier molecular flexibility index (Phi) is 9.02. The lowest BCUT2D eigenvalue weighted by Gasteiger charge is -2.25. The van der Waals surface area contributed by atoms with Crippen LogP contribution in [0.1, 0.15) is 47.0 Å². The number of quaternary nitrogens is 1. The minimum absolute atomic E-state index is 0.127. The van der Waals surface area contributed by atoms with Gasteiger partial charge in [0.05, 0.1) is 32.8 Å². The van der Waals surface area contributed by atoms with Crippen LogP contribution in [0.25, 0.3) is 0 Å². The number of ether oxygens (including phenoxy) is 1. The van der Waals surface area contributed by atoms with E-state index in [1.54, 1.807) is 0 Å². The minimum atomic E-state index is -0.209. The van der Waals surface area contributed by atoms with E-state index in [1.165, 1.54) is 4.90 Å². The van der Waals surface area contributed by atoms with Crippen molar-refractivity contribution < 1.29 is 14.4 Å². The van der Waals surface area contributed by atoms with E-state index in [1.807, 2.05) is 0 Å². The molecule has 0 rings (SSSR count). The molecule has 0 aromatic carbocycles. The molecule has 0 atom stereocenters. The molecule has 2 N–H and O–H groups in total. The molecular weight excluding hydrogens is 240 g/mol. The van der Waals surface area contributed by atoms with Crippen molar-refractivity contribution >= 4 is 5.91 Å². The maximum atomic E-state index is 11.7. The zero-order chi connectivity index (χ0) is 14.9. The average molecular weight is 273 g/mol. The molecule has 1 amide bonds. The van der Waals surface area contributed by atoms with Gasteiger partial charge >= 0.3 is 0 Å². The van der Waals surface area contributed by atoms with Crippen LogP contribution in [0.5, 0.6) is 0 Å². The van der Waals surface area contributed by atoms with Crippen molar-refractivity contribution in [3.05, 3.63) is 0 Å². The van der Waals surface area contributed by atoms with Crippen molar-refractivity contribution in [2.24, 2.45) is 5.92 Å². The first-order valence-electron chi connectivity index (χ1n) is 7.42. The van der Waals surface area contributed by atoms with Gasteiger partial charge in [-0.3, -0.25) is 4.79 Å². The molecule has 0 radical (unpaired) electrons. The average Bonchev–Trinajstić information content (AvgIpc) is 2.25. The van der Waals surface area contributed by atoms with Crippen molar-refractivity contribution in [2.75, 3.05) is 33.8 Å². The van der Waals surface area contributed by atoms with Gasteiger partial charge in [0, 0.05) is 13.0 Å². The highest BCUT2D eigenvalue weighted by atomic mass is 16.5. The summed E-state index contributed by atoms with van der Waals surface area (Å²) in [4.78, 5) is 13.0. The molecule has 0 bridgehead atoms. The molecule has 0 heterocycles. The molecule has 0 unspecified atom stereocenters. The molecule has 0 aliphatic rings. The molecule has 0 fully saturated rings.